The van der Waals surface area contributed by atoms with Crippen molar-refractivity contribution in [2.45, 2.75) is 72.6 Å². The molecule has 0 spiro atoms. The molecule has 0 bridgehead atoms. The van der Waals surface area contributed by atoms with Gasteiger partial charge in [-0.1, -0.05) is 139 Å². The fourth-order valence-electron chi connectivity index (χ4n) is 8.60. The molecule has 6 aromatic carbocycles. The van der Waals surface area contributed by atoms with Crippen molar-refractivity contribution in [2.75, 3.05) is 0 Å². The lowest BCUT2D eigenvalue weighted by molar-refractivity contribution is 0.580. The Hall–Kier alpha value is -4.94. The van der Waals surface area contributed by atoms with Gasteiger partial charge in [-0.25, -0.2) is 0 Å². The highest BCUT2D eigenvalue weighted by Gasteiger charge is 2.29. The summed E-state index contributed by atoms with van der Waals surface area (Å²) < 4.78 is 0. The summed E-state index contributed by atoms with van der Waals surface area (Å²) in [6.07, 6.45) is 11.8. The second-order valence-electron chi connectivity index (χ2n) is 16.2. The van der Waals surface area contributed by atoms with Crippen LogP contribution < -0.4 is 10.4 Å². The minimum atomic E-state index is -0.130. The Morgan fingerprint density at radius 1 is 0.653 bits per heavy atom. The summed E-state index contributed by atoms with van der Waals surface area (Å²) in [7, 11) is 0. The molecule has 0 N–H and O–H groups in total. The lowest BCUT2D eigenvalue weighted by atomic mass is 9.75. The maximum atomic E-state index is 4.04. The summed E-state index contributed by atoms with van der Waals surface area (Å²) in [4.78, 5) is 0. The van der Waals surface area contributed by atoms with Crippen molar-refractivity contribution in [1.82, 2.24) is 0 Å². The van der Waals surface area contributed by atoms with E-state index < -0.39 is 0 Å². The van der Waals surface area contributed by atoms with E-state index in [1.54, 1.807) is 0 Å². The van der Waals surface area contributed by atoms with Gasteiger partial charge in [0.2, 0.25) is 0 Å². The van der Waals surface area contributed by atoms with Gasteiger partial charge in [0.1, 0.15) is 0 Å². The van der Waals surface area contributed by atoms with Gasteiger partial charge in [0.15, 0.2) is 0 Å². The van der Waals surface area contributed by atoms with Crippen LogP contribution in [0.4, 0.5) is 0 Å². The van der Waals surface area contributed by atoms with Crippen molar-refractivity contribution in [3.8, 4) is 0 Å². The van der Waals surface area contributed by atoms with E-state index in [1.165, 1.54) is 98.1 Å². The molecule has 0 atom stereocenters. The highest BCUT2D eigenvalue weighted by Crippen LogP contribution is 2.38. The van der Waals surface area contributed by atoms with Crippen molar-refractivity contribution in [1.29, 1.82) is 0 Å². The zero-order valence-corrected chi connectivity index (χ0v) is 30.2. The summed E-state index contributed by atoms with van der Waals surface area (Å²) in [6, 6.07) is 36.5. The predicted octanol–water partition coefficient (Wildman–Crippen LogP) is 11.1. The molecule has 0 aromatic heterocycles. The molecular weight excluding hydrogens is 589 g/mol. The smallest absolute Gasteiger partial charge is 0.000709 e. The van der Waals surface area contributed by atoms with Crippen LogP contribution in [0, 0.1) is 24.3 Å². The first-order valence-corrected chi connectivity index (χ1v) is 17.8. The van der Waals surface area contributed by atoms with Gasteiger partial charge in [0, 0.05) is 0 Å². The number of benzene rings is 6. The monoisotopic (exact) mass is 633 g/mol. The van der Waals surface area contributed by atoms with E-state index >= 15 is 0 Å². The van der Waals surface area contributed by atoms with E-state index in [1.807, 2.05) is 0 Å². The number of fused-ring (bicyclic) bond motifs is 4. The van der Waals surface area contributed by atoms with Crippen LogP contribution in [-0.4, -0.2) is 0 Å². The van der Waals surface area contributed by atoms with E-state index in [-0.39, 0.29) is 10.8 Å². The second kappa shape index (κ2) is 11.3. The number of hydrogen-bond donors (Lipinski definition) is 0. The molecule has 0 saturated heterocycles. The largest absolute Gasteiger partial charge is 0.0801 e. The predicted molar refractivity (Wildman–Crippen MR) is 210 cm³/mol. The maximum Gasteiger partial charge on any atom is -0.000709 e. The first-order chi connectivity index (χ1) is 23.4. The van der Waals surface area contributed by atoms with E-state index in [4.69, 9.17) is 0 Å². The van der Waals surface area contributed by atoms with Gasteiger partial charge in [-0.05, 0) is 153 Å². The minimum Gasteiger partial charge on any atom is -0.0801 e. The molecule has 0 fully saturated rings. The normalized spacial score (nSPS) is 13.8. The van der Waals surface area contributed by atoms with Crippen LogP contribution in [0.2, 0.25) is 0 Å². The molecule has 0 heteroatoms. The lowest BCUT2D eigenvalue weighted by Gasteiger charge is -2.28. The van der Waals surface area contributed by atoms with E-state index in [2.05, 4.69) is 177 Å². The maximum absolute atomic E-state index is 4.04. The first kappa shape index (κ1) is 31.3. The number of allylic oxidation sites excluding steroid dienone is 4. The van der Waals surface area contributed by atoms with Crippen LogP contribution in [0.25, 0.3) is 38.8 Å². The third-order valence-corrected chi connectivity index (χ3v) is 10.6. The van der Waals surface area contributed by atoms with Crippen molar-refractivity contribution in [2.24, 2.45) is 0 Å². The molecule has 241 valence electrons. The molecule has 0 amide bonds. The van der Waals surface area contributed by atoms with Crippen molar-refractivity contribution in [3.05, 3.63) is 181 Å². The third kappa shape index (κ3) is 5.21. The molecule has 6 aromatic rings. The van der Waals surface area contributed by atoms with Gasteiger partial charge < -0.3 is 0 Å². The quantitative estimate of drug-likeness (QED) is 0.182. The Labute approximate surface area is 291 Å². The minimum absolute atomic E-state index is 0.0174. The zero-order chi connectivity index (χ0) is 34.2. The molecular formula is C49H45. The SMILES string of the molecule is Cc1cc2c(cc1C(C)(C)C)=c1c(c(C3=CC=CC3)c(C)c(C(C)(C)C)c1=C(c1ccc3ccccc3c1)c1ccc3ccccc3c1)[C]=2. The first-order valence-electron chi connectivity index (χ1n) is 17.8. The Bertz CT molecular complexity index is 2560. The van der Waals surface area contributed by atoms with Crippen LogP contribution in [0.1, 0.15) is 92.5 Å². The van der Waals surface area contributed by atoms with Gasteiger partial charge in [0.25, 0.3) is 0 Å². The Morgan fingerprint density at radius 2 is 1.24 bits per heavy atom. The highest BCUT2D eigenvalue weighted by atomic mass is 14.3. The molecule has 0 nitrogen and oxygen atoms in total. The van der Waals surface area contributed by atoms with Crippen LogP contribution in [0.15, 0.2) is 115 Å². The second-order valence-corrected chi connectivity index (χ2v) is 16.2. The molecule has 1 radical (unpaired) electrons. The third-order valence-electron chi connectivity index (χ3n) is 10.6. The fourth-order valence-corrected chi connectivity index (χ4v) is 8.60. The van der Waals surface area contributed by atoms with Gasteiger partial charge >= 0.3 is 0 Å². The summed E-state index contributed by atoms with van der Waals surface area (Å²) in [5.41, 5.74) is 13.2. The van der Waals surface area contributed by atoms with Crippen LogP contribution >= 0.6 is 0 Å². The molecule has 0 saturated carbocycles. The Morgan fingerprint density at radius 3 is 1.78 bits per heavy atom. The van der Waals surface area contributed by atoms with Gasteiger partial charge in [0.05, 0.1) is 0 Å². The van der Waals surface area contributed by atoms with Crippen LogP contribution in [0.3, 0.4) is 0 Å². The van der Waals surface area contributed by atoms with E-state index in [0.29, 0.717) is 0 Å². The Balaban J connectivity index is 1.70. The zero-order valence-electron chi connectivity index (χ0n) is 30.2. The molecule has 2 aliphatic rings. The molecule has 0 aliphatic heterocycles. The summed E-state index contributed by atoms with van der Waals surface area (Å²) in [5.74, 6) is 0. The number of hydrogen-bond acceptors (Lipinski definition) is 0. The summed E-state index contributed by atoms with van der Waals surface area (Å²) in [5, 5.41) is 10.2. The Kier molecular flexibility index (Phi) is 7.23. The van der Waals surface area contributed by atoms with E-state index in [9.17, 15) is 0 Å². The van der Waals surface area contributed by atoms with Gasteiger partial charge in [-0.3, -0.25) is 0 Å². The standard InChI is InChI=1S/C49H45/c1-30-25-39-28-41-43(34-17-11-12-18-34)31(2)47(49(6,7)8)46(45(41)40(39)29-42(30)48(3,4)5)44(37-23-21-32-15-9-13-19-35(32)26-37)38-24-22-33-16-10-14-20-36(33)27-38/h9-17,19-27,29H,18H2,1-8H3. The lowest BCUT2D eigenvalue weighted by Crippen LogP contribution is -2.30. The number of aryl methyl sites for hydroxylation is 1. The topological polar surface area (TPSA) is 0 Å². The molecule has 8 rings (SSSR count). The van der Waals surface area contributed by atoms with Crippen molar-refractivity contribution >= 4 is 38.8 Å². The van der Waals surface area contributed by atoms with Gasteiger partial charge in [-0.15, -0.1) is 0 Å². The fraction of sp³-hybridized carbons (Fsp3) is 0.224. The van der Waals surface area contributed by atoms with Gasteiger partial charge in [-0.2, -0.15) is 0 Å². The van der Waals surface area contributed by atoms with E-state index in [0.717, 1.165) is 6.42 Å². The molecule has 0 unspecified atom stereocenters. The van der Waals surface area contributed by atoms with Crippen molar-refractivity contribution in [3.63, 3.8) is 0 Å². The summed E-state index contributed by atoms with van der Waals surface area (Å²) >= 11 is 0. The number of rotatable bonds is 3. The average Bonchev–Trinajstić information content (AvgIpc) is 3.71. The molecule has 0 heterocycles. The van der Waals surface area contributed by atoms with Crippen molar-refractivity contribution < 1.29 is 0 Å². The molecule has 49 heavy (non-hydrogen) atoms. The average molecular weight is 634 g/mol. The van der Waals surface area contributed by atoms with Crippen LogP contribution in [-0.2, 0) is 10.8 Å². The molecule has 2 aliphatic carbocycles. The summed E-state index contributed by atoms with van der Waals surface area (Å²) in [6.45, 7) is 18.8. The highest BCUT2D eigenvalue weighted by molar-refractivity contribution is 5.94. The van der Waals surface area contributed by atoms with Crippen LogP contribution in [0.5, 0.6) is 0 Å².